The molecule has 0 bridgehead atoms. The molecule has 27 heavy (non-hydrogen) atoms. The molecule has 2 N–H and O–H groups in total. The van der Waals surface area contributed by atoms with Gasteiger partial charge in [0.25, 0.3) is 0 Å². The maximum Gasteiger partial charge on any atom is 0.240 e. The lowest BCUT2D eigenvalue weighted by atomic mass is 9.99. The van der Waals surface area contributed by atoms with Crippen molar-refractivity contribution in [2.75, 3.05) is 32.8 Å². The third-order valence-electron chi connectivity index (χ3n) is 5.08. The molecule has 1 unspecified atom stereocenters. The molecule has 1 fully saturated rings. The fourth-order valence-corrected chi connectivity index (χ4v) is 4.63. The number of piperidine rings is 1. The first-order valence-electron chi connectivity index (χ1n) is 9.57. The third-order valence-corrected chi connectivity index (χ3v) is 6.55. The molecule has 0 amide bonds. The Kier molecular flexibility index (Phi) is 7.01. The van der Waals surface area contributed by atoms with Crippen LogP contribution < -0.4 is 4.72 Å². The molecule has 0 saturated carbocycles. The van der Waals surface area contributed by atoms with E-state index in [2.05, 4.69) is 9.62 Å². The van der Waals surface area contributed by atoms with Gasteiger partial charge in [-0.3, -0.25) is 0 Å². The van der Waals surface area contributed by atoms with Gasteiger partial charge in [0.2, 0.25) is 10.0 Å². The molecule has 2 aromatic carbocycles. The maximum atomic E-state index is 12.5. The van der Waals surface area contributed by atoms with Crippen LogP contribution in [-0.2, 0) is 10.0 Å². The topological polar surface area (TPSA) is 69.6 Å². The van der Waals surface area contributed by atoms with E-state index in [-0.39, 0.29) is 6.61 Å². The van der Waals surface area contributed by atoms with Gasteiger partial charge in [-0.1, -0.05) is 42.5 Å². The first kappa shape index (κ1) is 20.0. The Labute approximate surface area is 162 Å². The quantitative estimate of drug-likeness (QED) is 0.682. The number of hydrogen-bond acceptors (Lipinski definition) is 4. The Morgan fingerprint density at radius 2 is 1.74 bits per heavy atom. The fourth-order valence-electron chi connectivity index (χ4n) is 3.55. The van der Waals surface area contributed by atoms with Gasteiger partial charge >= 0.3 is 0 Å². The second kappa shape index (κ2) is 9.46. The van der Waals surface area contributed by atoms with Crippen LogP contribution in [0.4, 0.5) is 0 Å². The minimum Gasteiger partial charge on any atom is -0.396 e. The molecule has 3 rings (SSSR count). The van der Waals surface area contributed by atoms with Crippen molar-refractivity contribution in [3.05, 3.63) is 54.6 Å². The molecule has 5 nitrogen and oxygen atoms in total. The van der Waals surface area contributed by atoms with E-state index in [1.165, 1.54) is 0 Å². The first-order chi connectivity index (χ1) is 13.1. The van der Waals surface area contributed by atoms with Crippen molar-refractivity contribution >= 4 is 10.0 Å². The zero-order valence-electron chi connectivity index (χ0n) is 15.5. The van der Waals surface area contributed by atoms with Gasteiger partial charge in [0.05, 0.1) is 4.90 Å². The first-order valence-corrected chi connectivity index (χ1v) is 11.1. The molecule has 0 spiro atoms. The molecule has 2 aromatic rings. The molecule has 1 aliphatic heterocycles. The second-order valence-electron chi connectivity index (χ2n) is 7.13. The Morgan fingerprint density at radius 3 is 2.44 bits per heavy atom. The smallest absolute Gasteiger partial charge is 0.240 e. The molecule has 0 radical (unpaired) electrons. The number of benzene rings is 2. The summed E-state index contributed by atoms with van der Waals surface area (Å²) >= 11 is 0. The molecule has 0 aromatic heterocycles. The highest BCUT2D eigenvalue weighted by molar-refractivity contribution is 7.89. The van der Waals surface area contributed by atoms with E-state index in [1.54, 1.807) is 12.1 Å². The van der Waals surface area contributed by atoms with Crippen LogP contribution in [0.3, 0.4) is 0 Å². The van der Waals surface area contributed by atoms with E-state index in [9.17, 15) is 13.5 Å². The molecule has 1 heterocycles. The van der Waals surface area contributed by atoms with Crippen LogP contribution >= 0.6 is 0 Å². The van der Waals surface area contributed by atoms with Gasteiger partial charge in [-0.15, -0.1) is 0 Å². The summed E-state index contributed by atoms with van der Waals surface area (Å²) in [5.41, 5.74) is 2.07. The average Bonchev–Trinajstić information content (AvgIpc) is 2.72. The van der Waals surface area contributed by atoms with E-state index in [0.717, 1.165) is 50.0 Å². The minimum atomic E-state index is -3.49. The number of nitrogens with one attached hydrogen (secondary N) is 1. The summed E-state index contributed by atoms with van der Waals surface area (Å²) < 4.78 is 27.6. The van der Waals surface area contributed by atoms with Crippen molar-refractivity contribution in [3.63, 3.8) is 0 Å². The lowest BCUT2D eigenvalue weighted by Gasteiger charge is -2.31. The average molecular weight is 389 g/mol. The normalized spacial score (nSPS) is 18.5. The van der Waals surface area contributed by atoms with Crippen molar-refractivity contribution in [2.24, 2.45) is 5.92 Å². The van der Waals surface area contributed by atoms with Gasteiger partial charge in [-0.05, 0) is 61.5 Å². The SMILES string of the molecule is O=S(=O)(NCCCN1CCCC(CO)C1)c1ccc(-c2ccccc2)cc1. The fraction of sp³-hybridized carbons (Fsp3) is 0.429. The van der Waals surface area contributed by atoms with E-state index in [1.807, 2.05) is 42.5 Å². The van der Waals surface area contributed by atoms with Crippen LogP contribution in [0.15, 0.2) is 59.5 Å². The zero-order chi connectivity index (χ0) is 19.1. The summed E-state index contributed by atoms with van der Waals surface area (Å²) in [7, 11) is -3.49. The number of aliphatic hydroxyl groups is 1. The second-order valence-corrected chi connectivity index (χ2v) is 8.90. The van der Waals surface area contributed by atoms with Crippen molar-refractivity contribution in [1.82, 2.24) is 9.62 Å². The van der Waals surface area contributed by atoms with E-state index < -0.39 is 10.0 Å². The zero-order valence-corrected chi connectivity index (χ0v) is 16.4. The summed E-state index contributed by atoms with van der Waals surface area (Å²) in [5.74, 6) is 0.360. The van der Waals surface area contributed by atoms with Crippen molar-refractivity contribution < 1.29 is 13.5 Å². The molecule has 1 saturated heterocycles. The van der Waals surface area contributed by atoms with Crippen LogP contribution in [0.25, 0.3) is 11.1 Å². The standard InChI is InChI=1S/C21H28N2O3S/c24-17-18-6-4-14-23(16-18)15-5-13-22-27(25,26)21-11-9-20(10-12-21)19-7-2-1-3-8-19/h1-3,7-12,18,22,24H,4-6,13-17H2. The predicted octanol–water partition coefficient (Wildman–Crippen LogP) is 2.73. The number of aliphatic hydroxyl groups excluding tert-OH is 1. The summed E-state index contributed by atoms with van der Waals surface area (Å²) in [5, 5.41) is 9.29. The van der Waals surface area contributed by atoms with Crippen LogP contribution in [-0.4, -0.2) is 51.2 Å². The highest BCUT2D eigenvalue weighted by Gasteiger charge is 2.19. The van der Waals surface area contributed by atoms with Crippen LogP contribution in [0.1, 0.15) is 19.3 Å². The van der Waals surface area contributed by atoms with Gasteiger partial charge in [0, 0.05) is 19.7 Å². The molecule has 0 aliphatic carbocycles. The van der Waals surface area contributed by atoms with Gasteiger partial charge in [-0.2, -0.15) is 0 Å². The minimum absolute atomic E-state index is 0.238. The van der Waals surface area contributed by atoms with Crippen LogP contribution in [0.2, 0.25) is 0 Å². The van der Waals surface area contributed by atoms with E-state index in [0.29, 0.717) is 17.4 Å². The number of sulfonamides is 1. The summed E-state index contributed by atoms with van der Waals surface area (Å²) in [6, 6.07) is 16.9. The van der Waals surface area contributed by atoms with Crippen molar-refractivity contribution in [2.45, 2.75) is 24.2 Å². The lowest BCUT2D eigenvalue weighted by molar-refractivity contribution is 0.120. The van der Waals surface area contributed by atoms with Crippen LogP contribution in [0.5, 0.6) is 0 Å². The molecular weight excluding hydrogens is 360 g/mol. The van der Waals surface area contributed by atoms with Gasteiger partial charge in [-0.25, -0.2) is 13.1 Å². The molecule has 1 atom stereocenters. The van der Waals surface area contributed by atoms with Crippen molar-refractivity contribution in [1.29, 1.82) is 0 Å². The third kappa shape index (κ3) is 5.62. The number of hydrogen-bond donors (Lipinski definition) is 2. The summed E-state index contributed by atoms with van der Waals surface area (Å²) in [4.78, 5) is 2.60. The molecule has 146 valence electrons. The Bertz CT molecular complexity index is 807. The van der Waals surface area contributed by atoms with Crippen molar-refractivity contribution in [3.8, 4) is 11.1 Å². The highest BCUT2D eigenvalue weighted by Crippen LogP contribution is 2.21. The number of likely N-dealkylation sites (tertiary alicyclic amines) is 1. The van der Waals surface area contributed by atoms with Crippen LogP contribution in [0, 0.1) is 5.92 Å². The molecule has 6 heteroatoms. The largest absolute Gasteiger partial charge is 0.396 e. The predicted molar refractivity (Wildman–Crippen MR) is 108 cm³/mol. The van der Waals surface area contributed by atoms with E-state index in [4.69, 9.17) is 0 Å². The highest BCUT2D eigenvalue weighted by atomic mass is 32.2. The Hall–Kier alpha value is -1.73. The summed E-state index contributed by atoms with van der Waals surface area (Å²) in [6.07, 6.45) is 2.95. The van der Waals surface area contributed by atoms with Gasteiger partial charge in [0.15, 0.2) is 0 Å². The Balaban J connectivity index is 1.49. The van der Waals surface area contributed by atoms with Gasteiger partial charge < -0.3 is 10.0 Å². The molecule has 1 aliphatic rings. The molecular formula is C21H28N2O3S. The van der Waals surface area contributed by atoms with E-state index >= 15 is 0 Å². The maximum absolute atomic E-state index is 12.5. The lowest BCUT2D eigenvalue weighted by Crippen LogP contribution is -2.38. The summed E-state index contributed by atoms with van der Waals surface area (Å²) in [6.45, 7) is 3.45. The number of nitrogens with zero attached hydrogens (tertiary/aromatic N) is 1. The Morgan fingerprint density at radius 1 is 1.04 bits per heavy atom. The van der Waals surface area contributed by atoms with Gasteiger partial charge in [0.1, 0.15) is 0 Å². The number of rotatable bonds is 8. The monoisotopic (exact) mass is 388 g/mol.